The molecular formula is C50H60N8O9S. The molecule has 5 heterocycles. The van der Waals surface area contributed by atoms with E-state index in [4.69, 9.17) is 19.4 Å². The lowest BCUT2D eigenvalue weighted by atomic mass is 9.85. The van der Waals surface area contributed by atoms with Crippen molar-refractivity contribution in [1.82, 2.24) is 35.7 Å². The average Bonchev–Trinajstić information content (AvgIpc) is 3.56. The standard InChI is InChI=1S/C50H60N8O9S/c1-28(2)51-48-54-38(27-68-48)37-24-40(34-19-18-31(66-6)22-36(34)52-37)67-32-23-39-42(59)56-50(46(63)64)25-30(50)15-10-8-7-9-11-17-35(44(61)58(39)26-32)53-47(65)55-41(49(3,4)5)45(62)57-21-20-29-14-12-13-16-33(29)43(57)60/h10,12-16,18-19,22,24,27-28,30,32,35,39,41H,7-9,11,17,20-21,23,25-26H2,1-6H3,(H,51,54)(H,56,59)(H,63,64)(H2,53,55,65)/b15-10-/t30?,32-,35+,39+,41-,50-/m1/s1. The molecule has 4 aliphatic rings. The lowest BCUT2D eigenvalue weighted by molar-refractivity contribution is -0.145. The van der Waals surface area contributed by atoms with Gasteiger partial charge in [-0.05, 0) is 75.1 Å². The molecule has 1 saturated heterocycles. The molecule has 0 radical (unpaired) electrons. The van der Waals surface area contributed by atoms with E-state index >= 15 is 4.79 Å². The van der Waals surface area contributed by atoms with Crippen molar-refractivity contribution in [3.8, 4) is 22.9 Å². The molecule has 8 rings (SSSR count). The SMILES string of the molecule is COc1ccc2c(O[C@@H]3C[C@H]4C(=O)N[C@]5(C(=O)O)CC5/C=C\CCCCC[C@H](NC(=O)N[C@H](C(=O)N5CCc6ccccc6C5=O)C(C)(C)C)C(=O)N4C3)cc(-c3csc(NC(C)C)n3)nc2c1. The van der Waals surface area contributed by atoms with Crippen LogP contribution in [0, 0.1) is 11.3 Å². The maximum Gasteiger partial charge on any atom is 0.330 e. The quantitative estimate of drug-likeness (QED) is 0.110. The van der Waals surface area contributed by atoms with E-state index in [2.05, 4.69) is 21.3 Å². The Morgan fingerprint density at radius 3 is 2.56 bits per heavy atom. The van der Waals surface area contributed by atoms with Crippen LogP contribution < -0.4 is 30.7 Å². The maximum atomic E-state index is 15.0. The number of carbonyl (C=O) groups excluding carboxylic acids is 5. The van der Waals surface area contributed by atoms with Crippen molar-refractivity contribution >= 4 is 63.0 Å². The minimum absolute atomic E-state index is 0.00868. The molecule has 4 aromatic rings. The molecule has 360 valence electrons. The van der Waals surface area contributed by atoms with Gasteiger partial charge in [0.05, 0.1) is 24.9 Å². The van der Waals surface area contributed by atoms with Gasteiger partial charge in [-0.25, -0.2) is 19.6 Å². The fraction of sp³-hybridized carbons (Fsp3) is 0.480. The van der Waals surface area contributed by atoms with Crippen molar-refractivity contribution in [3.05, 3.63) is 77.2 Å². The number of carbonyl (C=O) groups is 6. The van der Waals surface area contributed by atoms with E-state index in [1.165, 1.54) is 21.1 Å². The van der Waals surface area contributed by atoms with Crippen molar-refractivity contribution in [3.63, 3.8) is 0 Å². The first-order chi connectivity index (χ1) is 32.4. The van der Waals surface area contributed by atoms with Crippen LogP contribution in [0.15, 0.2) is 66.1 Å². The van der Waals surface area contributed by atoms with Crippen LogP contribution in [0.25, 0.3) is 22.3 Å². The predicted octanol–water partition coefficient (Wildman–Crippen LogP) is 6.32. The molecule has 1 saturated carbocycles. The highest BCUT2D eigenvalue weighted by Crippen LogP contribution is 2.46. The van der Waals surface area contributed by atoms with E-state index in [1.807, 2.05) is 49.6 Å². The Morgan fingerprint density at radius 1 is 1.01 bits per heavy atom. The van der Waals surface area contributed by atoms with Gasteiger partial charge in [0.2, 0.25) is 11.8 Å². The Balaban J connectivity index is 1.09. The van der Waals surface area contributed by atoms with E-state index in [-0.39, 0.29) is 38.4 Å². The summed E-state index contributed by atoms with van der Waals surface area (Å²) in [6.07, 6.45) is 6.60. The van der Waals surface area contributed by atoms with Crippen molar-refractivity contribution in [2.75, 3.05) is 25.5 Å². The third-order valence-electron chi connectivity index (χ3n) is 13.1. The minimum Gasteiger partial charge on any atom is -0.497 e. The largest absolute Gasteiger partial charge is 0.497 e. The first-order valence-corrected chi connectivity index (χ1v) is 24.2. The molecule has 0 spiro atoms. The second-order valence-corrected chi connectivity index (χ2v) is 20.4. The van der Waals surface area contributed by atoms with E-state index in [0.29, 0.717) is 65.0 Å². The van der Waals surface area contributed by atoms with Crippen molar-refractivity contribution in [2.24, 2.45) is 11.3 Å². The number of aliphatic carboxylic acids is 1. The van der Waals surface area contributed by atoms with Gasteiger partial charge < -0.3 is 40.7 Å². The molecule has 5 N–H and O–H groups in total. The highest BCUT2D eigenvalue weighted by molar-refractivity contribution is 7.14. The Bertz CT molecular complexity index is 2640. The van der Waals surface area contributed by atoms with E-state index < -0.39 is 76.7 Å². The lowest BCUT2D eigenvalue weighted by Crippen LogP contribution is -2.61. The van der Waals surface area contributed by atoms with Gasteiger partial charge in [0.1, 0.15) is 47.0 Å². The van der Waals surface area contributed by atoms with Crippen LogP contribution in [0.3, 0.4) is 0 Å². The maximum absolute atomic E-state index is 15.0. The number of nitrogens with zero attached hydrogens (tertiary/aromatic N) is 4. The summed E-state index contributed by atoms with van der Waals surface area (Å²) >= 11 is 1.44. The average molecular weight is 949 g/mol. The number of pyridine rings is 1. The highest BCUT2D eigenvalue weighted by atomic mass is 32.1. The second kappa shape index (κ2) is 19.6. The molecule has 6 atom stereocenters. The Morgan fingerprint density at radius 2 is 1.81 bits per heavy atom. The van der Waals surface area contributed by atoms with Crippen molar-refractivity contribution in [2.45, 2.75) is 122 Å². The Hall–Kier alpha value is -6.56. The molecule has 2 aromatic carbocycles. The number of amides is 6. The molecule has 2 fully saturated rings. The van der Waals surface area contributed by atoms with Gasteiger partial charge in [-0.3, -0.25) is 24.1 Å². The van der Waals surface area contributed by atoms with Gasteiger partial charge in [-0.2, -0.15) is 0 Å². The van der Waals surface area contributed by atoms with Gasteiger partial charge in [0, 0.05) is 53.4 Å². The molecule has 0 bridgehead atoms. The fourth-order valence-corrected chi connectivity index (χ4v) is 10.2. The summed E-state index contributed by atoms with van der Waals surface area (Å²) < 4.78 is 12.3. The molecule has 1 aliphatic carbocycles. The van der Waals surface area contributed by atoms with Crippen LogP contribution in [0.2, 0.25) is 0 Å². The predicted molar refractivity (Wildman–Crippen MR) is 256 cm³/mol. The number of carboxylic acid groups (broad SMARTS) is 1. The lowest BCUT2D eigenvalue weighted by Gasteiger charge is -2.36. The molecule has 18 heteroatoms. The molecule has 2 aromatic heterocycles. The Kier molecular flexibility index (Phi) is 13.8. The first kappa shape index (κ1) is 47.9. The summed E-state index contributed by atoms with van der Waals surface area (Å²) in [7, 11) is 1.56. The van der Waals surface area contributed by atoms with Crippen molar-refractivity contribution in [1.29, 1.82) is 0 Å². The first-order valence-electron chi connectivity index (χ1n) is 23.4. The number of nitrogens with one attached hydrogen (secondary N) is 4. The zero-order valence-electron chi connectivity index (χ0n) is 39.3. The summed E-state index contributed by atoms with van der Waals surface area (Å²) in [4.78, 5) is 96.4. The monoisotopic (exact) mass is 948 g/mol. The minimum atomic E-state index is -1.53. The number of hydrogen-bond acceptors (Lipinski definition) is 12. The number of carboxylic acids is 1. The molecular weight excluding hydrogens is 889 g/mol. The molecule has 6 amide bonds. The molecule has 3 aliphatic heterocycles. The number of allylic oxidation sites excluding steroid dienone is 1. The fourth-order valence-electron chi connectivity index (χ4n) is 9.34. The van der Waals surface area contributed by atoms with E-state index in [9.17, 15) is 29.1 Å². The number of methoxy groups -OCH3 is 1. The van der Waals surface area contributed by atoms with Crippen LogP contribution >= 0.6 is 11.3 Å². The number of fused-ring (bicyclic) bond motifs is 4. The van der Waals surface area contributed by atoms with Gasteiger partial charge in [-0.1, -0.05) is 64.0 Å². The smallest absolute Gasteiger partial charge is 0.330 e. The number of thiazole rings is 1. The van der Waals surface area contributed by atoms with E-state index in [1.54, 1.807) is 58.2 Å². The van der Waals surface area contributed by atoms with Gasteiger partial charge in [-0.15, -0.1) is 11.3 Å². The van der Waals surface area contributed by atoms with Gasteiger partial charge >= 0.3 is 12.0 Å². The number of rotatable bonds is 10. The van der Waals surface area contributed by atoms with Gasteiger partial charge in [0.15, 0.2) is 5.13 Å². The number of benzene rings is 2. The number of anilines is 1. The highest BCUT2D eigenvalue weighted by Gasteiger charge is 2.61. The second-order valence-electron chi connectivity index (χ2n) is 19.5. The van der Waals surface area contributed by atoms with Crippen LogP contribution in [0.4, 0.5) is 9.93 Å². The number of urea groups is 1. The van der Waals surface area contributed by atoms with E-state index in [0.717, 1.165) is 17.1 Å². The van der Waals surface area contributed by atoms with Crippen LogP contribution in [-0.4, -0.2) is 117 Å². The summed E-state index contributed by atoms with van der Waals surface area (Å²) in [5.41, 5.74) is 0.619. The molecule has 17 nitrogen and oxygen atoms in total. The topological polar surface area (TPSA) is 221 Å². The number of hydrogen-bond donors (Lipinski definition) is 5. The number of ether oxygens (including phenoxy) is 2. The third kappa shape index (κ3) is 10.1. The van der Waals surface area contributed by atoms with Gasteiger partial charge in [0.25, 0.3) is 11.8 Å². The summed E-state index contributed by atoms with van der Waals surface area (Å²) in [6.45, 7) is 9.48. The zero-order chi connectivity index (χ0) is 48.5. The normalized spacial score (nSPS) is 24.1. The molecule has 1 unspecified atom stereocenters. The number of imide groups is 1. The summed E-state index contributed by atoms with van der Waals surface area (Å²) in [5, 5.41) is 25.5. The third-order valence-corrected chi connectivity index (χ3v) is 13.9. The Labute approximate surface area is 399 Å². The van der Waals surface area contributed by atoms with Crippen LogP contribution in [0.1, 0.15) is 95.5 Å². The van der Waals surface area contributed by atoms with Crippen LogP contribution in [-0.2, 0) is 25.6 Å². The summed E-state index contributed by atoms with van der Waals surface area (Å²) in [6, 6.07) is 10.2. The zero-order valence-corrected chi connectivity index (χ0v) is 40.1. The number of aromatic nitrogens is 2. The van der Waals surface area contributed by atoms with Crippen LogP contribution in [0.5, 0.6) is 11.5 Å². The molecule has 68 heavy (non-hydrogen) atoms. The van der Waals surface area contributed by atoms with Crippen molar-refractivity contribution < 1.29 is 43.3 Å². The summed E-state index contributed by atoms with van der Waals surface area (Å²) in [5.74, 6) is -2.79.